The molecule has 1 heterocycles. The predicted octanol–water partition coefficient (Wildman–Crippen LogP) is 3.69. The number of nitrogens with zero attached hydrogens (tertiary/aromatic N) is 2. The first-order valence-electron chi connectivity index (χ1n) is 7.59. The van der Waals surface area contributed by atoms with Crippen molar-refractivity contribution in [2.24, 2.45) is 0 Å². The number of aliphatic hydroxyl groups is 1. The summed E-state index contributed by atoms with van der Waals surface area (Å²) in [6, 6.07) is 0.602. The van der Waals surface area contributed by atoms with Crippen LogP contribution in [-0.4, -0.2) is 40.7 Å². The van der Waals surface area contributed by atoms with Crippen molar-refractivity contribution in [3.63, 3.8) is 0 Å². The lowest BCUT2D eigenvalue weighted by Crippen LogP contribution is -2.37. The van der Waals surface area contributed by atoms with Crippen LogP contribution in [0.1, 0.15) is 50.2 Å². The van der Waals surface area contributed by atoms with Gasteiger partial charge in [-0.3, -0.25) is 4.90 Å². The molecule has 5 heteroatoms. The van der Waals surface area contributed by atoms with E-state index >= 15 is 0 Å². The van der Waals surface area contributed by atoms with Gasteiger partial charge in [0.25, 0.3) is 0 Å². The van der Waals surface area contributed by atoms with Crippen LogP contribution in [0.5, 0.6) is 0 Å². The Kier molecular flexibility index (Phi) is 9.44. The molecule has 0 spiro atoms. The molecule has 116 valence electrons. The van der Waals surface area contributed by atoms with Gasteiger partial charge in [-0.15, -0.1) is 22.9 Å². The highest BCUT2D eigenvalue weighted by Gasteiger charge is 2.13. The number of aryl methyl sites for hydroxylation is 1. The molecule has 0 fully saturated rings. The molecule has 0 unspecified atom stereocenters. The first-order valence-corrected chi connectivity index (χ1v) is 9.00. The zero-order chi connectivity index (χ0) is 14.8. The molecule has 20 heavy (non-hydrogen) atoms. The van der Waals surface area contributed by atoms with Crippen molar-refractivity contribution in [3.8, 4) is 0 Å². The maximum atomic E-state index is 9.18. The number of hydrogen-bond acceptors (Lipinski definition) is 4. The average Bonchev–Trinajstić information content (AvgIpc) is 2.92. The molecule has 3 nitrogen and oxygen atoms in total. The van der Waals surface area contributed by atoms with Crippen molar-refractivity contribution in [2.45, 2.75) is 57.9 Å². The van der Waals surface area contributed by atoms with Gasteiger partial charge in [-0.25, -0.2) is 4.98 Å². The Bertz CT molecular complexity index is 355. The van der Waals surface area contributed by atoms with Crippen molar-refractivity contribution in [1.29, 1.82) is 0 Å². The topological polar surface area (TPSA) is 36.4 Å². The largest absolute Gasteiger partial charge is 0.395 e. The van der Waals surface area contributed by atoms with Gasteiger partial charge >= 0.3 is 0 Å². The van der Waals surface area contributed by atoms with E-state index in [9.17, 15) is 5.11 Å². The molecule has 0 saturated carbocycles. The maximum Gasteiger partial charge on any atom is 0.0928 e. The third-order valence-electron chi connectivity index (χ3n) is 3.67. The Balaban J connectivity index is 2.29. The highest BCUT2D eigenvalue weighted by molar-refractivity contribution is 7.09. The van der Waals surface area contributed by atoms with Gasteiger partial charge in [0.05, 0.1) is 23.2 Å². The number of thiazole rings is 1. The van der Waals surface area contributed by atoms with Crippen molar-refractivity contribution in [1.82, 2.24) is 9.88 Å². The fourth-order valence-electron chi connectivity index (χ4n) is 2.53. The Morgan fingerprint density at radius 2 is 2.05 bits per heavy atom. The minimum Gasteiger partial charge on any atom is -0.395 e. The van der Waals surface area contributed by atoms with E-state index in [2.05, 4.69) is 23.7 Å². The van der Waals surface area contributed by atoms with E-state index in [1.54, 1.807) is 11.3 Å². The van der Waals surface area contributed by atoms with Gasteiger partial charge in [0, 0.05) is 18.0 Å². The number of halogens is 1. The van der Waals surface area contributed by atoms with Crippen molar-refractivity contribution >= 4 is 22.9 Å². The number of alkyl halides is 1. The number of aromatic nitrogens is 1. The minimum absolute atomic E-state index is 0.252. The summed E-state index contributed by atoms with van der Waals surface area (Å²) < 4.78 is 0. The molecule has 0 bridgehead atoms. The Labute approximate surface area is 132 Å². The summed E-state index contributed by atoms with van der Waals surface area (Å²) >= 11 is 7.47. The Hall–Kier alpha value is -0.160. The lowest BCUT2D eigenvalue weighted by atomic mass is 10.1. The highest BCUT2D eigenvalue weighted by Crippen LogP contribution is 2.15. The molecule has 0 saturated heterocycles. The van der Waals surface area contributed by atoms with Crippen LogP contribution in [0, 0.1) is 0 Å². The van der Waals surface area contributed by atoms with E-state index in [0.717, 1.165) is 50.9 Å². The van der Waals surface area contributed by atoms with Crippen molar-refractivity contribution in [2.75, 3.05) is 19.7 Å². The Morgan fingerprint density at radius 3 is 2.60 bits per heavy atom. The van der Waals surface area contributed by atoms with Crippen LogP contribution in [0.3, 0.4) is 0 Å². The summed E-state index contributed by atoms with van der Waals surface area (Å²) in [5.41, 5.74) is 0.991. The van der Waals surface area contributed by atoms with Crippen LogP contribution in [-0.2, 0) is 12.3 Å². The number of aliphatic hydroxyl groups excluding tert-OH is 1. The SMILES string of the molecule is CCC(CC)N(CCO)CCCCc1nc(CCl)cs1. The Morgan fingerprint density at radius 1 is 1.30 bits per heavy atom. The average molecular weight is 319 g/mol. The number of unbranched alkanes of at least 4 members (excludes halogenated alkanes) is 1. The van der Waals surface area contributed by atoms with Crippen LogP contribution < -0.4 is 0 Å². The monoisotopic (exact) mass is 318 g/mol. The maximum absolute atomic E-state index is 9.18. The molecule has 1 rings (SSSR count). The van der Waals surface area contributed by atoms with E-state index in [-0.39, 0.29) is 6.61 Å². The summed E-state index contributed by atoms with van der Waals surface area (Å²) in [6.45, 7) is 6.56. The lowest BCUT2D eigenvalue weighted by Gasteiger charge is -2.29. The van der Waals surface area contributed by atoms with Gasteiger partial charge in [-0.1, -0.05) is 13.8 Å². The normalized spacial score (nSPS) is 11.7. The second-order valence-corrected chi connectivity index (χ2v) is 6.26. The molecule has 1 aromatic rings. The summed E-state index contributed by atoms with van der Waals surface area (Å²) in [5.74, 6) is 0.509. The third-order valence-corrected chi connectivity index (χ3v) is 4.90. The fourth-order valence-corrected chi connectivity index (χ4v) is 3.60. The zero-order valence-electron chi connectivity index (χ0n) is 12.6. The van der Waals surface area contributed by atoms with Gasteiger partial charge in [-0.05, 0) is 38.6 Å². The quantitative estimate of drug-likeness (QED) is 0.499. The molecule has 0 aliphatic rings. The molecular formula is C15H27ClN2OS. The van der Waals surface area contributed by atoms with Crippen molar-refractivity contribution < 1.29 is 5.11 Å². The van der Waals surface area contributed by atoms with Crippen LogP contribution in [0.4, 0.5) is 0 Å². The summed E-state index contributed by atoms with van der Waals surface area (Å²) in [7, 11) is 0. The van der Waals surface area contributed by atoms with Gasteiger partial charge in [0.15, 0.2) is 0 Å². The second kappa shape index (κ2) is 10.6. The van der Waals surface area contributed by atoms with E-state index in [1.807, 2.05) is 5.38 Å². The third kappa shape index (κ3) is 6.08. The molecule has 0 aliphatic heterocycles. The standard InChI is InChI=1S/C15H27ClN2OS/c1-3-14(4-2)18(9-10-19)8-6-5-7-15-17-13(11-16)12-20-15/h12,14,19H,3-11H2,1-2H3. The first kappa shape index (κ1) is 17.9. The van der Waals surface area contributed by atoms with Gasteiger partial charge < -0.3 is 5.11 Å². The smallest absolute Gasteiger partial charge is 0.0928 e. The molecule has 1 N–H and O–H groups in total. The van der Waals surface area contributed by atoms with Crippen molar-refractivity contribution in [3.05, 3.63) is 16.1 Å². The van der Waals surface area contributed by atoms with Crippen LogP contribution >= 0.6 is 22.9 Å². The molecule has 0 atom stereocenters. The van der Waals surface area contributed by atoms with Crippen LogP contribution in [0.25, 0.3) is 0 Å². The molecule has 0 amide bonds. The van der Waals surface area contributed by atoms with E-state index < -0.39 is 0 Å². The second-order valence-electron chi connectivity index (χ2n) is 5.05. The van der Waals surface area contributed by atoms with E-state index in [1.165, 1.54) is 5.01 Å². The minimum atomic E-state index is 0.252. The summed E-state index contributed by atoms with van der Waals surface area (Å²) in [5, 5.41) is 12.4. The fraction of sp³-hybridized carbons (Fsp3) is 0.800. The van der Waals surface area contributed by atoms with E-state index in [0.29, 0.717) is 11.9 Å². The first-order chi connectivity index (χ1) is 9.74. The van der Waals surface area contributed by atoms with Gasteiger partial charge in [0.1, 0.15) is 0 Å². The number of rotatable bonds is 11. The van der Waals surface area contributed by atoms with Gasteiger partial charge in [0.2, 0.25) is 0 Å². The lowest BCUT2D eigenvalue weighted by molar-refractivity contribution is 0.141. The van der Waals surface area contributed by atoms with E-state index in [4.69, 9.17) is 11.6 Å². The zero-order valence-corrected chi connectivity index (χ0v) is 14.2. The summed E-state index contributed by atoms with van der Waals surface area (Å²) in [6.07, 6.45) is 5.66. The van der Waals surface area contributed by atoms with Gasteiger partial charge in [-0.2, -0.15) is 0 Å². The predicted molar refractivity (Wildman–Crippen MR) is 87.6 cm³/mol. The molecule has 0 radical (unpaired) electrons. The molecule has 1 aromatic heterocycles. The van der Waals surface area contributed by atoms with Crippen LogP contribution in [0.15, 0.2) is 5.38 Å². The summed E-state index contributed by atoms with van der Waals surface area (Å²) in [4.78, 5) is 6.90. The van der Waals surface area contributed by atoms with Crippen LogP contribution in [0.2, 0.25) is 0 Å². The molecular weight excluding hydrogens is 292 g/mol. The molecule has 0 aliphatic carbocycles. The highest BCUT2D eigenvalue weighted by atomic mass is 35.5. The number of hydrogen-bond donors (Lipinski definition) is 1. The molecule has 0 aromatic carbocycles.